The molecule has 0 amide bonds. The van der Waals surface area contributed by atoms with E-state index in [-0.39, 0.29) is 18.4 Å². The Morgan fingerprint density at radius 2 is 2.26 bits per heavy atom. The number of esters is 1. The van der Waals surface area contributed by atoms with Gasteiger partial charge in [0.15, 0.2) is 0 Å². The van der Waals surface area contributed by atoms with Crippen LogP contribution in [0.2, 0.25) is 0 Å². The maximum Gasteiger partial charge on any atom is 0.313 e. The predicted molar refractivity (Wildman–Crippen MR) is 71.0 cm³/mol. The molecule has 0 radical (unpaired) electrons. The molecular weight excluding hydrogens is 245 g/mol. The topological polar surface area (TPSA) is 38.3 Å². The molecule has 2 rings (SSSR count). The molecule has 0 saturated carbocycles. The third-order valence-corrected chi connectivity index (χ3v) is 3.90. The second-order valence-electron chi connectivity index (χ2n) is 5.08. The molecule has 4 heteroatoms. The Balaban J connectivity index is 1.98. The lowest BCUT2D eigenvalue weighted by molar-refractivity contribution is -0.159. The molecule has 0 aliphatic carbocycles. The van der Waals surface area contributed by atoms with Crippen LogP contribution in [0.4, 0.5) is 4.39 Å². The van der Waals surface area contributed by atoms with E-state index < -0.39 is 5.41 Å². The van der Waals surface area contributed by atoms with Crippen molar-refractivity contribution in [2.75, 3.05) is 13.1 Å². The van der Waals surface area contributed by atoms with E-state index in [0.717, 1.165) is 25.8 Å². The van der Waals surface area contributed by atoms with Crippen molar-refractivity contribution < 1.29 is 13.9 Å². The minimum absolute atomic E-state index is 0.00720. The molecule has 1 aromatic carbocycles. The van der Waals surface area contributed by atoms with E-state index in [9.17, 15) is 9.18 Å². The number of benzene rings is 1. The van der Waals surface area contributed by atoms with E-state index in [0.29, 0.717) is 12.1 Å². The van der Waals surface area contributed by atoms with E-state index in [1.165, 1.54) is 6.07 Å². The van der Waals surface area contributed by atoms with Crippen LogP contribution in [-0.4, -0.2) is 19.1 Å². The van der Waals surface area contributed by atoms with Gasteiger partial charge in [-0.3, -0.25) is 4.79 Å². The van der Waals surface area contributed by atoms with Gasteiger partial charge in [-0.05, 0) is 31.9 Å². The second kappa shape index (κ2) is 6.15. The maximum absolute atomic E-state index is 13.5. The molecule has 1 atom stereocenters. The number of hydrogen-bond donors (Lipinski definition) is 1. The first-order valence-corrected chi connectivity index (χ1v) is 6.79. The van der Waals surface area contributed by atoms with Gasteiger partial charge in [-0.1, -0.05) is 25.1 Å². The van der Waals surface area contributed by atoms with E-state index in [2.05, 4.69) is 5.32 Å². The Morgan fingerprint density at radius 1 is 1.47 bits per heavy atom. The number of rotatable bonds is 4. The Hall–Kier alpha value is -1.42. The van der Waals surface area contributed by atoms with Gasteiger partial charge in [0.05, 0.1) is 5.41 Å². The first-order valence-electron chi connectivity index (χ1n) is 6.79. The highest BCUT2D eigenvalue weighted by atomic mass is 19.1. The molecule has 1 saturated heterocycles. The summed E-state index contributed by atoms with van der Waals surface area (Å²) in [7, 11) is 0. The van der Waals surface area contributed by atoms with Gasteiger partial charge >= 0.3 is 5.97 Å². The van der Waals surface area contributed by atoms with Crippen LogP contribution in [0.15, 0.2) is 24.3 Å². The van der Waals surface area contributed by atoms with E-state index in [1.807, 2.05) is 6.92 Å². The van der Waals surface area contributed by atoms with Crippen LogP contribution < -0.4 is 5.32 Å². The quantitative estimate of drug-likeness (QED) is 0.851. The lowest BCUT2D eigenvalue weighted by Gasteiger charge is -2.34. The van der Waals surface area contributed by atoms with Crippen molar-refractivity contribution in [1.82, 2.24) is 5.32 Å². The summed E-state index contributed by atoms with van der Waals surface area (Å²) in [6, 6.07) is 6.38. The fraction of sp³-hybridized carbons (Fsp3) is 0.533. The number of nitrogens with one attached hydrogen (secondary N) is 1. The standard InChI is InChI=1S/C15H20FNO2/c1-2-15(8-5-9-17-11-15)14(18)19-10-12-6-3-4-7-13(12)16/h3-4,6-7,17H,2,5,8-11H2,1H3. The molecule has 0 aromatic heterocycles. The van der Waals surface area contributed by atoms with Crippen LogP contribution in [0.5, 0.6) is 0 Å². The third kappa shape index (κ3) is 3.13. The van der Waals surface area contributed by atoms with Gasteiger partial charge in [-0.15, -0.1) is 0 Å². The number of piperidine rings is 1. The number of ether oxygens (including phenoxy) is 1. The average molecular weight is 265 g/mol. The summed E-state index contributed by atoms with van der Waals surface area (Å²) in [5.41, 5.74) is -0.0189. The maximum atomic E-state index is 13.5. The Morgan fingerprint density at radius 3 is 2.89 bits per heavy atom. The fourth-order valence-electron chi connectivity index (χ4n) is 2.50. The molecule has 1 N–H and O–H groups in total. The number of halogens is 1. The van der Waals surface area contributed by atoms with Gasteiger partial charge in [-0.25, -0.2) is 4.39 Å². The Labute approximate surface area is 113 Å². The summed E-state index contributed by atoms with van der Waals surface area (Å²) < 4.78 is 18.8. The zero-order chi connectivity index (χ0) is 13.7. The smallest absolute Gasteiger partial charge is 0.313 e. The van der Waals surface area contributed by atoms with Crippen molar-refractivity contribution in [2.24, 2.45) is 5.41 Å². The number of hydrogen-bond acceptors (Lipinski definition) is 3. The molecular formula is C15H20FNO2. The van der Waals surface area contributed by atoms with Gasteiger partial charge in [-0.2, -0.15) is 0 Å². The van der Waals surface area contributed by atoms with Crippen LogP contribution in [-0.2, 0) is 16.1 Å². The molecule has 1 fully saturated rings. The monoisotopic (exact) mass is 265 g/mol. The van der Waals surface area contributed by atoms with Gasteiger partial charge in [0.2, 0.25) is 0 Å². The third-order valence-electron chi connectivity index (χ3n) is 3.90. The number of carbonyl (C=O) groups is 1. The van der Waals surface area contributed by atoms with Crippen LogP contribution in [0, 0.1) is 11.2 Å². The number of carbonyl (C=O) groups excluding carboxylic acids is 1. The molecule has 1 heterocycles. The van der Waals surface area contributed by atoms with Crippen LogP contribution >= 0.6 is 0 Å². The molecule has 3 nitrogen and oxygen atoms in total. The van der Waals surface area contributed by atoms with Crippen LogP contribution in [0.1, 0.15) is 31.7 Å². The highest BCUT2D eigenvalue weighted by Crippen LogP contribution is 2.31. The first kappa shape index (κ1) is 14.0. The van der Waals surface area contributed by atoms with E-state index >= 15 is 0 Å². The van der Waals surface area contributed by atoms with Gasteiger partial charge < -0.3 is 10.1 Å². The summed E-state index contributed by atoms with van der Waals surface area (Å²) in [5.74, 6) is -0.548. The van der Waals surface area contributed by atoms with Crippen molar-refractivity contribution in [3.63, 3.8) is 0 Å². The van der Waals surface area contributed by atoms with Gasteiger partial charge in [0.1, 0.15) is 12.4 Å². The normalized spacial score (nSPS) is 23.1. The molecule has 0 spiro atoms. The SMILES string of the molecule is CCC1(C(=O)OCc2ccccc2F)CCCNC1. The minimum Gasteiger partial charge on any atom is -0.460 e. The molecule has 0 bridgehead atoms. The van der Waals surface area contributed by atoms with Crippen molar-refractivity contribution in [1.29, 1.82) is 0 Å². The van der Waals surface area contributed by atoms with Crippen molar-refractivity contribution in [3.05, 3.63) is 35.6 Å². The zero-order valence-corrected chi connectivity index (χ0v) is 11.2. The van der Waals surface area contributed by atoms with Crippen molar-refractivity contribution in [3.8, 4) is 0 Å². The highest BCUT2D eigenvalue weighted by Gasteiger charge is 2.39. The summed E-state index contributed by atoms with van der Waals surface area (Å²) in [4.78, 5) is 12.3. The van der Waals surface area contributed by atoms with E-state index in [4.69, 9.17) is 4.74 Å². The largest absolute Gasteiger partial charge is 0.460 e. The Bertz CT molecular complexity index is 442. The van der Waals surface area contributed by atoms with Crippen LogP contribution in [0.3, 0.4) is 0 Å². The summed E-state index contributed by atoms with van der Waals surface area (Å²) in [6.45, 7) is 3.60. The Kier molecular flexibility index (Phi) is 4.53. The van der Waals surface area contributed by atoms with Gasteiger partial charge in [0, 0.05) is 12.1 Å². The van der Waals surface area contributed by atoms with E-state index in [1.54, 1.807) is 18.2 Å². The predicted octanol–water partition coefficient (Wildman–Crippen LogP) is 2.65. The van der Waals surface area contributed by atoms with Crippen molar-refractivity contribution in [2.45, 2.75) is 32.8 Å². The molecule has 104 valence electrons. The molecule has 1 aliphatic rings. The average Bonchev–Trinajstić information content (AvgIpc) is 2.46. The first-order chi connectivity index (χ1) is 9.18. The summed E-state index contributed by atoms with van der Waals surface area (Å²) >= 11 is 0. The molecule has 1 aliphatic heterocycles. The zero-order valence-electron chi connectivity index (χ0n) is 11.2. The lowest BCUT2D eigenvalue weighted by Crippen LogP contribution is -2.45. The fourth-order valence-corrected chi connectivity index (χ4v) is 2.50. The second-order valence-corrected chi connectivity index (χ2v) is 5.08. The molecule has 19 heavy (non-hydrogen) atoms. The van der Waals surface area contributed by atoms with Crippen molar-refractivity contribution >= 4 is 5.97 Å². The minimum atomic E-state index is -0.441. The lowest BCUT2D eigenvalue weighted by atomic mass is 9.78. The summed E-state index contributed by atoms with van der Waals surface area (Å²) in [6.07, 6.45) is 2.56. The van der Waals surface area contributed by atoms with Gasteiger partial charge in [0.25, 0.3) is 0 Å². The summed E-state index contributed by atoms with van der Waals surface area (Å²) in [5, 5.41) is 3.24. The molecule has 1 aromatic rings. The van der Waals surface area contributed by atoms with Crippen LogP contribution in [0.25, 0.3) is 0 Å². The molecule has 1 unspecified atom stereocenters. The highest BCUT2D eigenvalue weighted by molar-refractivity contribution is 5.77.